The summed E-state index contributed by atoms with van der Waals surface area (Å²) in [5, 5.41) is 3.36. The number of pyridine rings is 1. The summed E-state index contributed by atoms with van der Waals surface area (Å²) in [4.78, 5) is 29.3. The third-order valence-corrected chi connectivity index (χ3v) is 5.94. The Morgan fingerprint density at radius 2 is 1.78 bits per heavy atom. The minimum atomic E-state index is -4.45. The standard InChI is InChI=1S/C28H22F3N5O/c1-17-7-8-19(14-22(37)13-18-4-2-6-21(12-18)28(29,30)31)15-24(17)35-27-25-23(9-11-33-25)34-26(36-27)20-5-3-10-32-16-20/h2-12,15-16,33H,13-14H2,1H3,(H,34,35,36). The molecule has 5 rings (SSSR count). The number of aryl methyl sites for hydroxylation is 1. The number of aromatic nitrogens is 4. The Kier molecular flexibility index (Phi) is 6.43. The summed E-state index contributed by atoms with van der Waals surface area (Å²) >= 11 is 0. The summed E-state index contributed by atoms with van der Waals surface area (Å²) in [5.74, 6) is 0.916. The predicted molar refractivity (Wildman–Crippen MR) is 135 cm³/mol. The Labute approximate surface area is 210 Å². The van der Waals surface area contributed by atoms with Gasteiger partial charge in [0.2, 0.25) is 0 Å². The number of carbonyl (C=O) groups is 1. The molecule has 0 amide bonds. The lowest BCUT2D eigenvalue weighted by atomic mass is 10.00. The topological polar surface area (TPSA) is 83.6 Å². The maximum Gasteiger partial charge on any atom is 0.416 e. The number of rotatable bonds is 7. The zero-order valence-corrected chi connectivity index (χ0v) is 19.8. The zero-order chi connectivity index (χ0) is 26.0. The average molecular weight is 502 g/mol. The molecular weight excluding hydrogens is 479 g/mol. The van der Waals surface area contributed by atoms with Crippen LogP contribution in [0.3, 0.4) is 0 Å². The number of nitrogens with one attached hydrogen (secondary N) is 2. The lowest BCUT2D eigenvalue weighted by Gasteiger charge is -2.13. The van der Waals surface area contributed by atoms with Gasteiger partial charge in [-0.2, -0.15) is 13.2 Å². The predicted octanol–water partition coefficient (Wildman–Crippen LogP) is 6.45. The number of ketones is 1. The number of H-pyrrole nitrogens is 1. The molecular formula is C28H22F3N5O. The molecule has 0 aliphatic heterocycles. The molecule has 2 N–H and O–H groups in total. The van der Waals surface area contributed by atoms with Crippen molar-refractivity contribution < 1.29 is 18.0 Å². The molecule has 0 spiro atoms. The normalized spacial score (nSPS) is 11.6. The van der Waals surface area contributed by atoms with E-state index in [0.29, 0.717) is 17.2 Å². The summed E-state index contributed by atoms with van der Waals surface area (Å²) in [5.41, 5.74) is 4.27. The highest BCUT2D eigenvalue weighted by Gasteiger charge is 2.30. The number of aromatic amines is 1. The molecule has 0 aliphatic rings. The van der Waals surface area contributed by atoms with Crippen LogP contribution in [0.2, 0.25) is 0 Å². The van der Waals surface area contributed by atoms with Crippen LogP contribution in [0.25, 0.3) is 22.4 Å². The fourth-order valence-electron chi connectivity index (χ4n) is 4.08. The maximum absolute atomic E-state index is 13.0. The van der Waals surface area contributed by atoms with Gasteiger partial charge >= 0.3 is 6.18 Å². The van der Waals surface area contributed by atoms with Crippen LogP contribution >= 0.6 is 0 Å². The van der Waals surface area contributed by atoms with Gasteiger partial charge in [0.15, 0.2) is 11.6 Å². The number of hydrogen-bond donors (Lipinski definition) is 2. The number of carbonyl (C=O) groups excluding carboxylic acids is 1. The summed E-state index contributed by atoms with van der Waals surface area (Å²) < 4.78 is 39.0. The van der Waals surface area contributed by atoms with Crippen molar-refractivity contribution >= 4 is 28.3 Å². The summed E-state index contributed by atoms with van der Waals surface area (Å²) in [6.45, 7) is 1.94. The molecule has 0 bridgehead atoms. The molecule has 0 radical (unpaired) electrons. The fraction of sp³-hybridized carbons (Fsp3) is 0.143. The summed E-state index contributed by atoms with van der Waals surface area (Å²) in [6.07, 6.45) is 0.727. The maximum atomic E-state index is 13.0. The van der Waals surface area contributed by atoms with E-state index in [-0.39, 0.29) is 18.6 Å². The highest BCUT2D eigenvalue weighted by molar-refractivity contribution is 5.90. The summed E-state index contributed by atoms with van der Waals surface area (Å²) in [6, 6.07) is 16.0. The van der Waals surface area contributed by atoms with E-state index in [2.05, 4.69) is 20.3 Å². The Morgan fingerprint density at radius 3 is 2.54 bits per heavy atom. The van der Waals surface area contributed by atoms with Gasteiger partial charge in [-0.25, -0.2) is 9.97 Å². The van der Waals surface area contributed by atoms with Gasteiger partial charge in [0, 0.05) is 42.7 Å². The van der Waals surface area contributed by atoms with E-state index in [1.165, 1.54) is 12.1 Å². The van der Waals surface area contributed by atoms with Gasteiger partial charge in [-0.3, -0.25) is 9.78 Å². The first-order valence-corrected chi connectivity index (χ1v) is 11.6. The highest BCUT2D eigenvalue weighted by atomic mass is 19.4. The molecule has 0 saturated carbocycles. The minimum absolute atomic E-state index is 0.0793. The molecule has 3 heterocycles. The number of alkyl halides is 3. The Balaban J connectivity index is 1.38. The van der Waals surface area contributed by atoms with Crippen LogP contribution in [-0.4, -0.2) is 25.7 Å². The van der Waals surface area contributed by atoms with Crippen LogP contribution in [0.5, 0.6) is 0 Å². The van der Waals surface area contributed by atoms with Crippen LogP contribution in [0.1, 0.15) is 22.3 Å². The van der Waals surface area contributed by atoms with Crippen LogP contribution in [-0.2, 0) is 23.8 Å². The van der Waals surface area contributed by atoms with Crippen LogP contribution in [0, 0.1) is 6.92 Å². The number of anilines is 2. The smallest absolute Gasteiger partial charge is 0.357 e. The number of halogens is 3. The monoisotopic (exact) mass is 501 g/mol. The van der Waals surface area contributed by atoms with Crippen molar-refractivity contribution in [3.8, 4) is 11.4 Å². The fourth-order valence-corrected chi connectivity index (χ4v) is 4.08. The van der Waals surface area contributed by atoms with E-state index < -0.39 is 11.7 Å². The van der Waals surface area contributed by atoms with Gasteiger partial charge < -0.3 is 10.3 Å². The second-order valence-corrected chi connectivity index (χ2v) is 8.74. The molecule has 3 aromatic heterocycles. The van der Waals surface area contributed by atoms with Gasteiger partial charge in [0.1, 0.15) is 11.3 Å². The first kappa shape index (κ1) is 24.2. The van der Waals surface area contributed by atoms with Crippen molar-refractivity contribution in [3.05, 3.63) is 102 Å². The molecule has 6 nitrogen and oxygen atoms in total. The van der Waals surface area contributed by atoms with Gasteiger partial charge in [-0.05, 0) is 53.9 Å². The van der Waals surface area contributed by atoms with E-state index in [1.807, 2.05) is 43.3 Å². The molecule has 5 aromatic rings. The molecule has 0 saturated heterocycles. The Bertz CT molecular complexity index is 1580. The third-order valence-electron chi connectivity index (χ3n) is 5.94. The van der Waals surface area contributed by atoms with Crippen LogP contribution < -0.4 is 5.32 Å². The van der Waals surface area contributed by atoms with Crippen molar-refractivity contribution in [3.63, 3.8) is 0 Å². The molecule has 0 fully saturated rings. The molecule has 2 aromatic carbocycles. The SMILES string of the molecule is Cc1ccc(CC(=O)Cc2cccc(C(F)(F)F)c2)cc1Nc1nc(-c2cccnc2)nc2cc[nH]c12. The van der Waals surface area contributed by atoms with Crippen LogP contribution in [0.15, 0.2) is 79.3 Å². The van der Waals surface area contributed by atoms with Crippen molar-refractivity contribution in [2.75, 3.05) is 5.32 Å². The second kappa shape index (κ2) is 9.85. The molecule has 0 unspecified atom stereocenters. The van der Waals surface area contributed by atoms with Gasteiger partial charge in [-0.1, -0.05) is 30.3 Å². The lowest BCUT2D eigenvalue weighted by Crippen LogP contribution is -2.09. The minimum Gasteiger partial charge on any atom is -0.357 e. The van der Waals surface area contributed by atoms with Crippen molar-refractivity contribution in [2.45, 2.75) is 25.9 Å². The van der Waals surface area contributed by atoms with E-state index in [1.54, 1.807) is 18.6 Å². The first-order chi connectivity index (χ1) is 17.8. The van der Waals surface area contributed by atoms with Gasteiger partial charge in [-0.15, -0.1) is 0 Å². The summed E-state index contributed by atoms with van der Waals surface area (Å²) in [7, 11) is 0. The number of fused-ring (bicyclic) bond motifs is 1. The van der Waals surface area contributed by atoms with Crippen molar-refractivity contribution in [1.82, 2.24) is 19.9 Å². The largest absolute Gasteiger partial charge is 0.416 e. The second-order valence-electron chi connectivity index (χ2n) is 8.74. The Morgan fingerprint density at radius 1 is 0.973 bits per heavy atom. The van der Waals surface area contributed by atoms with E-state index >= 15 is 0 Å². The third kappa shape index (κ3) is 5.50. The molecule has 186 valence electrons. The van der Waals surface area contributed by atoms with Gasteiger partial charge in [0.25, 0.3) is 0 Å². The van der Waals surface area contributed by atoms with E-state index in [0.717, 1.165) is 45.5 Å². The molecule has 37 heavy (non-hydrogen) atoms. The Hall–Kier alpha value is -4.53. The van der Waals surface area contributed by atoms with Crippen molar-refractivity contribution in [1.29, 1.82) is 0 Å². The molecule has 0 atom stereocenters. The number of Topliss-reactive ketones (excluding diaryl/α,β-unsaturated/α-hetero) is 1. The van der Waals surface area contributed by atoms with E-state index in [4.69, 9.17) is 4.98 Å². The lowest BCUT2D eigenvalue weighted by molar-refractivity contribution is -0.137. The zero-order valence-electron chi connectivity index (χ0n) is 19.8. The van der Waals surface area contributed by atoms with Gasteiger partial charge in [0.05, 0.1) is 11.1 Å². The number of nitrogens with zero attached hydrogens (tertiary/aromatic N) is 3. The first-order valence-electron chi connectivity index (χ1n) is 11.6. The van der Waals surface area contributed by atoms with Crippen LogP contribution in [0.4, 0.5) is 24.7 Å². The van der Waals surface area contributed by atoms with Crippen molar-refractivity contribution in [2.24, 2.45) is 0 Å². The van der Waals surface area contributed by atoms with E-state index in [9.17, 15) is 18.0 Å². The quantitative estimate of drug-likeness (QED) is 0.268. The number of benzene rings is 2. The highest BCUT2D eigenvalue weighted by Crippen LogP contribution is 2.30. The number of hydrogen-bond acceptors (Lipinski definition) is 5. The average Bonchev–Trinajstić information content (AvgIpc) is 3.35. The molecule has 0 aliphatic carbocycles. The molecule has 9 heteroatoms.